The van der Waals surface area contributed by atoms with E-state index in [-0.39, 0.29) is 29.6 Å². The van der Waals surface area contributed by atoms with Crippen LogP contribution in [0.1, 0.15) is 36.3 Å². The predicted molar refractivity (Wildman–Crippen MR) is 94.3 cm³/mol. The Morgan fingerprint density at radius 1 is 1.04 bits per heavy atom. The number of alkyl carbamates (subject to hydrolysis) is 1. The molecule has 4 heteroatoms. The third-order valence-electron chi connectivity index (χ3n) is 6.19. The molecule has 0 aliphatic heterocycles. The molecule has 3 saturated carbocycles. The topological polar surface area (TPSA) is 58.6 Å². The summed E-state index contributed by atoms with van der Waals surface area (Å²) in [5.41, 5.74) is 4.87. The van der Waals surface area contributed by atoms with Gasteiger partial charge >= 0.3 is 6.09 Å². The van der Waals surface area contributed by atoms with Crippen molar-refractivity contribution in [1.29, 1.82) is 0 Å². The Morgan fingerprint density at radius 3 is 2.16 bits per heavy atom. The Bertz CT molecular complexity index is 794. The van der Waals surface area contributed by atoms with E-state index in [0.29, 0.717) is 6.61 Å². The van der Waals surface area contributed by atoms with E-state index in [9.17, 15) is 9.90 Å². The molecular formula is C21H21NO3. The Kier molecular flexibility index (Phi) is 3.04. The van der Waals surface area contributed by atoms with Crippen LogP contribution in [-0.2, 0) is 4.74 Å². The third kappa shape index (κ3) is 2.13. The maximum Gasteiger partial charge on any atom is 0.407 e. The molecule has 0 radical (unpaired) electrons. The average molecular weight is 335 g/mol. The third-order valence-corrected chi connectivity index (χ3v) is 6.19. The summed E-state index contributed by atoms with van der Waals surface area (Å²) in [5.74, 6) is 0.0926. The molecule has 2 aromatic carbocycles. The van der Waals surface area contributed by atoms with Crippen molar-refractivity contribution in [3.8, 4) is 11.1 Å². The number of benzene rings is 2. The molecule has 128 valence electrons. The van der Waals surface area contributed by atoms with E-state index in [2.05, 4.69) is 29.6 Å². The van der Waals surface area contributed by atoms with Gasteiger partial charge in [0.2, 0.25) is 0 Å². The van der Waals surface area contributed by atoms with Crippen LogP contribution >= 0.6 is 0 Å². The van der Waals surface area contributed by atoms with Gasteiger partial charge in [0, 0.05) is 23.5 Å². The summed E-state index contributed by atoms with van der Waals surface area (Å²) in [7, 11) is 0. The summed E-state index contributed by atoms with van der Waals surface area (Å²) >= 11 is 0. The van der Waals surface area contributed by atoms with Crippen LogP contribution in [0, 0.1) is 5.41 Å². The highest BCUT2D eigenvalue weighted by atomic mass is 16.5. The van der Waals surface area contributed by atoms with E-state index in [1.54, 1.807) is 0 Å². The summed E-state index contributed by atoms with van der Waals surface area (Å²) in [6.07, 6.45) is 2.29. The van der Waals surface area contributed by atoms with Crippen molar-refractivity contribution in [1.82, 2.24) is 5.32 Å². The van der Waals surface area contributed by atoms with E-state index in [4.69, 9.17) is 4.74 Å². The molecule has 2 N–H and O–H groups in total. The molecule has 0 atom stereocenters. The van der Waals surface area contributed by atoms with Gasteiger partial charge in [-0.2, -0.15) is 0 Å². The predicted octanol–water partition coefficient (Wildman–Crippen LogP) is 3.44. The lowest BCUT2D eigenvalue weighted by molar-refractivity contribution is -0.174. The lowest BCUT2D eigenvalue weighted by Gasteiger charge is -2.69. The fourth-order valence-electron chi connectivity index (χ4n) is 5.15. The van der Waals surface area contributed by atoms with Gasteiger partial charge in [-0.1, -0.05) is 48.5 Å². The summed E-state index contributed by atoms with van der Waals surface area (Å²) in [4.78, 5) is 12.3. The molecule has 0 heterocycles. The minimum absolute atomic E-state index is 0.0800. The number of hydrogen-bond acceptors (Lipinski definition) is 3. The molecule has 4 aliphatic rings. The number of aliphatic hydroxyl groups is 1. The summed E-state index contributed by atoms with van der Waals surface area (Å²) in [6.45, 7) is 0.572. The number of nitrogens with one attached hydrogen (secondary N) is 1. The monoisotopic (exact) mass is 335 g/mol. The molecule has 6 rings (SSSR count). The van der Waals surface area contributed by atoms with E-state index in [1.165, 1.54) is 22.3 Å². The van der Waals surface area contributed by atoms with E-state index in [1.807, 2.05) is 24.3 Å². The molecule has 3 fully saturated rings. The lowest BCUT2D eigenvalue weighted by atomic mass is 9.40. The van der Waals surface area contributed by atoms with Crippen LogP contribution in [0.2, 0.25) is 0 Å². The SMILES string of the molecule is O=C(NC12CC(CO)(C1)C2)OCC1c2ccccc2-c2ccccc21. The van der Waals surface area contributed by atoms with E-state index in [0.717, 1.165) is 19.3 Å². The van der Waals surface area contributed by atoms with Gasteiger partial charge in [0.1, 0.15) is 6.61 Å². The van der Waals surface area contributed by atoms with Gasteiger partial charge in [-0.25, -0.2) is 4.79 Å². The first-order valence-corrected chi connectivity index (χ1v) is 8.88. The average Bonchev–Trinajstić information content (AvgIpc) is 2.89. The van der Waals surface area contributed by atoms with Crippen molar-refractivity contribution in [2.75, 3.05) is 13.2 Å². The molecule has 1 amide bonds. The number of amides is 1. The lowest BCUT2D eigenvalue weighted by Crippen LogP contribution is -2.75. The van der Waals surface area contributed by atoms with Crippen molar-refractivity contribution in [3.05, 3.63) is 59.7 Å². The van der Waals surface area contributed by atoms with Crippen LogP contribution in [0.5, 0.6) is 0 Å². The summed E-state index contributed by atoms with van der Waals surface area (Å²) < 4.78 is 5.59. The molecule has 4 aliphatic carbocycles. The van der Waals surface area contributed by atoms with Crippen LogP contribution in [-0.4, -0.2) is 30.0 Å². The maximum absolute atomic E-state index is 12.3. The van der Waals surface area contributed by atoms with Gasteiger partial charge < -0.3 is 15.2 Å². The Labute approximate surface area is 146 Å². The molecule has 2 aromatic rings. The molecule has 0 aromatic heterocycles. The zero-order chi connectivity index (χ0) is 17.1. The molecule has 2 bridgehead atoms. The second-order valence-electron chi connectivity index (χ2n) is 7.92. The molecule has 25 heavy (non-hydrogen) atoms. The van der Waals surface area contributed by atoms with Gasteiger partial charge in [0.15, 0.2) is 0 Å². The summed E-state index contributed by atoms with van der Waals surface area (Å²) in [5, 5.41) is 12.3. The maximum atomic E-state index is 12.3. The molecule has 0 unspecified atom stereocenters. The number of hydrogen-bond donors (Lipinski definition) is 2. The zero-order valence-electron chi connectivity index (χ0n) is 14.0. The van der Waals surface area contributed by atoms with Crippen molar-refractivity contribution >= 4 is 6.09 Å². The Balaban J connectivity index is 1.28. The van der Waals surface area contributed by atoms with Gasteiger partial charge in [-0.3, -0.25) is 0 Å². The number of ether oxygens (including phenoxy) is 1. The second-order valence-corrected chi connectivity index (χ2v) is 7.92. The molecule has 0 saturated heterocycles. The number of fused-ring (bicyclic) bond motifs is 3. The summed E-state index contributed by atoms with van der Waals surface area (Å²) in [6, 6.07) is 16.7. The fraction of sp³-hybridized carbons (Fsp3) is 0.381. The molecule has 4 nitrogen and oxygen atoms in total. The highest BCUT2D eigenvalue weighted by molar-refractivity contribution is 5.79. The minimum Gasteiger partial charge on any atom is -0.449 e. The minimum atomic E-state index is -0.340. The largest absolute Gasteiger partial charge is 0.449 e. The van der Waals surface area contributed by atoms with Crippen molar-refractivity contribution in [3.63, 3.8) is 0 Å². The van der Waals surface area contributed by atoms with Crippen molar-refractivity contribution in [2.24, 2.45) is 5.41 Å². The van der Waals surface area contributed by atoms with Crippen LogP contribution in [0.15, 0.2) is 48.5 Å². The second kappa shape index (κ2) is 5.09. The first-order valence-electron chi connectivity index (χ1n) is 8.88. The van der Waals surface area contributed by atoms with Gasteiger partial charge in [0.05, 0.1) is 0 Å². The highest BCUT2D eigenvalue weighted by Gasteiger charge is 2.68. The molecule has 0 spiro atoms. The van der Waals surface area contributed by atoms with Gasteiger partial charge in [-0.15, -0.1) is 0 Å². The molecular weight excluding hydrogens is 314 g/mol. The van der Waals surface area contributed by atoms with Crippen LogP contribution < -0.4 is 5.32 Å². The zero-order valence-corrected chi connectivity index (χ0v) is 14.0. The van der Waals surface area contributed by atoms with Crippen LogP contribution in [0.25, 0.3) is 11.1 Å². The van der Waals surface area contributed by atoms with E-state index >= 15 is 0 Å². The number of aliphatic hydroxyl groups excluding tert-OH is 1. The Hall–Kier alpha value is -2.33. The van der Waals surface area contributed by atoms with Gasteiger partial charge in [-0.05, 0) is 41.5 Å². The van der Waals surface area contributed by atoms with Gasteiger partial charge in [0.25, 0.3) is 0 Å². The number of rotatable bonds is 4. The van der Waals surface area contributed by atoms with Crippen molar-refractivity contribution < 1.29 is 14.6 Å². The smallest absolute Gasteiger partial charge is 0.407 e. The van der Waals surface area contributed by atoms with Crippen LogP contribution in [0.4, 0.5) is 4.79 Å². The van der Waals surface area contributed by atoms with E-state index < -0.39 is 0 Å². The highest BCUT2D eigenvalue weighted by Crippen LogP contribution is 2.66. The standard InChI is InChI=1S/C21H21NO3/c23-13-20-10-21(11-20,12-20)22-19(24)25-9-18-16-7-3-1-5-14(16)15-6-2-4-8-17(15)18/h1-8,18,23H,9-13H2,(H,22,24). The van der Waals surface area contributed by atoms with Crippen LogP contribution in [0.3, 0.4) is 0 Å². The first-order chi connectivity index (χ1) is 12.1. The van der Waals surface area contributed by atoms with Crippen molar-refractivity contribution in [2.45, 2.75) is 30.7 Å². The normalized spacial score (nSPS) is 28.4. The fourth-order valence-corrected chi connectivity index (χ4v) is 5.15. The Morgan fingerprint density at radius 2 is 1.60 bits per heavy atom. The number of carbonyl (C=O) groups is 1. The quantitative estimate of drug-likeness (QED) is 0.900. The number of carbonyl (C=O) groups excluding carboxylic acids is 1. The first kappa shape index (κ1) is 15.0.